The minimum atomic E-state index is -0.496. The second-order valence-corrected chi connectivity index (χ2v) is 4.47. The molecular weight excluding hydrogens is 276 g/mol. The predicted octanol–water partition coefficient (Wildman–Crippen LogP) is 4.29. The van der Waals surface area contributed by atoms with Gasteiger partial charge >= 0.3 is 0 Å². The van der Waals surface area contributed by atoms with E-state index in [9.17, 15) is 4.39 Å². The summed E-state index contributed by atoms with van der Waals surface area (Å²) in [5.74, 6) is -0.150. The number of hydrogen-bond acceptors (Lipinski definition) is 2. The Balaban J connectivity index is 2.19. The highest BCUT2D eigenvalue weighted by molar-refractivity contribution is 6.32. The van der Waals surface area contributed by atoms with Crippen LogP contribution in [0.5, 0.6) is 5.75 Å². The third-order valence-electron chi connectivity index (χ3n) is 2.40. The van der Waals surface area contributed by atoms with Crippen molar-refractivity contribution < 1.29 is 9.13 Å². The normalized spacial score (nSPS) is 10.4. The standard InChI is InChI=1S/C13H10Cl2FNO/c14-9-4-1-3-8(12(9)16)7-18-13-10(15)5-2-6-11(13)17/h1-6H,7,17H2. The van der Waals surface area contributed by atoms with Gasteiger partial charge in [0.15, 0.2) is 5.75 Å². The van der Waals surface area contributed by atoms with Crippen molar-refractivity contribution in [2.75, 3.05) is 5.73 Å². The van der Waals surface area contributed by atoms with E-state index in [0.29, 0.717) is 22.0 Å². The summed E-state index contributed by atoms with van der Waals surface area (Å²) in [6, 6.07) is 9.75. The number of benzene rings is 2. The van der Waals surface area contributed by atoms with Gasteiger partial charge in [0.1, 0.15) is 12.4 Å². The second-order valence-electron chi connectivity index (χ2n) is 3.66. The lowest BCUT2D eigenvalue weighted by Crippen LogP contribution is -2.01. The lowest BCUT2D eigenvalue weighted by Gasteiger charge is -2.11. The molecule has 0 saturated carbocycles. The van der Waals surface area contributed by atoms with Gasteiger partial charge in [-0.25, -0.2) is 4.39 Å². The van der Waals surface area contributed by atoms with E-state index in [2.05, 4.69) is 0 Å². The highest BCUT2D eigenvalue weighted by atomic mass is 35.5. The summed E-state index contributed by atoms with van der Waals surface area (Å²) < 4.78 is 19.1. The Morgan fingerprint density at radius 2 is 1.72 bits per heavy atom. The topological polar surface area (TPSA) is 35.2 Å². The zero-order chi connectivity index (χ0) is 13.1. The molecule has 2 N–H and O–H groups in total. The van der Waals surface area contributed by atoms with Gasteiger partial charge in [0.2, 0.25) is 0 Å². The fourth-order valence-electron chi connectivity index (χ4n) is 1.49. The molecule has 0 spiro atoms. The van der Waals surface area contributed by atoms with E-state index in [1.165, 1.54) is 6.07 Å². The van der Waals surface area contributed by atoms with Crippen molar-refractivity contribution in [1.82, 2.24) is 0 Å². The molecule has 0 atom stereocenters. The van der Waals surface area contributed by atoms with Gasteiger partial charge < -0.3 is 10.5 Å². The van der Waals surface area contributed by atoms with Crippen molar-refractivity contribution in [3.63, 3.8) is 0 Å². The third kappa shape index (κ3) is 2.68. The van der Waals surface area contributed by atoms with E-state index in [0.717, 1.165) is 0 Å². The van der Waals surface area contributed by atoms with Crippen LogP contribution in [0.2, 0.25) is 10.0 Å². The molecule has 2 aromatic rings. The first kappa shape index (κ1) is 13.0. The number of halogens is 3. The maximum absolute atomic E-state index is 13.6. The van der Waals surface area contributed by atoms with Gasteiger partial charge in [-0.1, -0.05) is 41.4 Å². The molecule has 0 saturated heterocycles. The van der Waals surface area contributed by atoms with Crippen LogP contribution < -0.4 is 10.5 Å². The second kappa shape index (κ2) is 5.46. The average Bonchev–Trinajstić information content (AvgIpc) is 2.33. The first-order valence-electron chi connectivity index (χ1n) is 5.19. The third-order valence-corrected chi connectivity index (χ3v) is 2.99. The van der Waals surface area contributed by atoms with Crippen molar-refractivity contribution in [3.8, 4) is 5.75 Å². The zero-order valence-corrected chi connectivity index (χ0v) is 10.8. The average molecular weight is 286 g/mol. The molecule has 0 bridgehead atoms. The summed E-state index contributed by atoms with van der Waals surface area (Å²) in [4.78, 5) is 0. The molecule has 2 aromatic carbocycles. The van der Waals surface area contributed by atoms with Crippen LogP contribution in [0.4, 0.5) is 10.1 Å². The molecule has 0 aromatic heterocycles. The van der Waals surface area contributed by atoms with Crippen LogP contribution in [-0.2, 0) is 6.61 Å². The number of anilines is 1. The Bertz CT molecular complexity index is 555. The minimum Gasteiger partial charge on any atom is -0.485 e. The number of hydrogen-bond donors (Lipinski definition) is 1. The number of ether oxygens (including phenoxy) is 1. The van der Waals surface area contributed by atoms with Crippen molar-refractivity contribution in [2.45, 2.75) is 6.61 Å². The Morgan fingerprint density at radius 3 is 2.44 bits per heavy atom. The van der Waals surface area contributed by atoms with E-state index in [4.69, 9.17) is 33.7 Å². The van der Waals surface area contributed by atoms with Crippen LogP contribution in [-0.4, -0.2) is 0 Å². The fraction of sp³-hybridized carbons (Fsp3) is 0.0769. The number of para-hydroxylation sites is 1. The molecule has 94 valence electrons. The summed E-state index contributed by atoms with van der Waals surface area (Å²) in [5.41, 5.74) is 6.48. The molecule has 0 heterocycles. The van der Waals surface area contributed by atoms with Crippen molar-refractivity contribution in [2.24, 2.45) is 0 Å². The SMILES string of the molecule is Nc1cccc(Cl)c1OCc1cccc(Cl)c1F. The molecule has 0 aliphatic rings. The van der Waals surface area contributed by atoms with Gasteiger partial charge in [-0.3, -0.25) is 0 Å². The smallest absolute Gasteiger partial charge is 0.161 e. The molecule has 2 nitrogen and oxygen atoms in total. The van der Waals surface area contributed by atoms with Gasteiger partial charge in [0.05, 0.1) is 15.7 Å². The first-order valence-corrected chi connectivity index (χ1v) is 5.95. The van der Waals surface area contributed by atoms with E-state index < -0.39 is 5.82 Å². The van der Waals surface area contributed by atoms with E-state index in [1.54, 1.807) is 30.3 Å². The van der Waals surface area contributed by atoms with Crippen LogP contribution >= 0.6 is 23.2 Å². The summed E-state index contributed by atoms with van der Waals surface area (Å²) in [6.45, 7) is 0.0142. The van der Waals surface area contributed by atoms with Crippen LogP contribution in [0.3, 0.4) is 0 Å². The van der Waals surface area contributed by atoms with Gasteiger partial charge in [-0.05, 0) is 18.2 Å². The highest BCUT2D eigenvalue weighted by Crippen LogP contribution is 2.31. The summed E-state index contributed by atoms with van der Waals surface area (Å²) in [7, 11) is 0. The number of rotatable bonds is 3. The van der Waals surface area contributed by atoms with Crippen LogP contribution in [0.25, 0.3) is 0 Å². The first-order chi connectivity index (χ1) is 8.59. The van der Waals surface area contributed by atoms with Gasteiger partial charge in [-0.2, -0.15) is 0 Å². The molecule has 2 rings (SSSR count). The van der Waals surface area contributed by atoms with Crippen LogP contribution in [0.15, 0.2) is 36.4 Å². The molecule has 18 heavy (non-hydrogen) atoms. The van der Waals surface area contributed by atoms with Crippen molar-refractivity contribution in [1.29, 1.82) is 0 Å². The monoisotopic (exact) mass is 285 g/mol. The van der Waals surface area contributed by atoms with Gasteiger partial charge in [0, 0.05) is 5.56 Å². The van der Waals surface area contributed by atoms with Crippen LogP contribution in [0, 0.1) is 5.82 Å². The maximum atomic E-state index is 13.6. The Morgan fingerprint density at radius 1 is 1.06 bits per heavy atom. The molecular formula is C13H10Cl2FNO. The molecule has 0 radical (unpaired) electrons. The van der Waals surface area contributed by atoms with E-state index in [-0.39, 0.29) is 11.6 Å². The van der Waals surface area contributed by atoms with Crippen LogP contribution in [0.1, 0.15) is 5.56 Å². The highest BCUT2D eigenvalue weighted by Gasteiger charge is 2.10. The Hall–Kier alpha value is -1.45. The lowest BCUT2D eigenvalue weighted by atomic mass is 10.2. The van der Waals surface area contributed by atoms with Gasteiger partial charge in [0.25, 0.3) is 0 Å². The number of nitrogens with two attached hydrogens (primary N) is 1. The van der Waals surface area contributed by atoms with E-state index in [1.807, 2.05) is 0 Å². The Labute approximate surface area is 114 Å². The molecule has 0 unspecified atom stereocenters. The number of nitrogen functional groups attached to an aromatic ring is 1. The molecule has 5 heteroatoms. The largest absolute Gasteiger partial charge is 0.485 e. The molecule has 0 aliphatic carbocycles. The summed E-state index contributed by atoms with van der Waals surface area (Å²) >= 11 is 11.6. The minimum absolute atomic E-state index is 0.0142. The summed E-state index contributed by atoms with van der Waals surface area (Å²) in [5, 5.41) is 0.445. The summed E-state index contributed by atoms with van der Waals surface area (Å²) in [6.07, 6.45) is 0. The maximum Gasteiger partial charge on any atom is 0.161 e. The predicted molar refractivity (Wildman–Crippen MR) is 71.6 cm³/mol. The Kier molecular flexibility index (Phi) is 3.94. The van der Waals surface area contributed by atoms with E-state index >= 15 is 0 Å². The molecule has 0 aliphatic heterocycles. The van der Waals surface area contributed by atoms with Gasteiger partial charge in [-0.15, -0.1) is 0 Å². The van der Waals surface area contributed by atoms with Crippen molar-refractivity contribution in [3.05, 3.63) is 57.8 Å². The zero-order valence-electron chi connectivity index (χ0n) is 9.29. The van der Waals surface area contributed by atoms with Crippen molar-refractivity contribution >= 4 is 28.9 Å². The molecule has 0 fully saturated rings. The molecule has 0 amide bonds. The quantitative estimate of drug-likeness (QED) is 0.854. The lowest BCUT2D eigenvalue weighted by molar-refractivity contribution is 0.301. The fourth-order valence-corrected chi connectivity index (χ4v) is 1.92.